The number of hydrogen-bond donors (Lipinski definition) is 3. The summed E-state index contributed by atoms with van der Waals surface area (Å²) >= 11 is 0. The number of para-hydroxylation sites is 1. The van der Waals surface area contributed by atoms with Crippen molar-refractivity contribution in [1.29, 1.82) is 0 Å². The van der Waals surface area contributed by atoms with Gasteiger partial charge in [0.15, 0.2) is 5.96 Å². The molecule has 0 fully saturated rings. The number of nitrogens with zero attached hydrogens (tertiary/aromatic N) is 1. The van der Waals surface area contributed by atoms with E-state index in [2.05, 4.69) is 25.7 Å². The van der Waals surface area contributed by atoms with E-state index in [1.165, 1.54) is 18.2 Å². The van der Waals surface area contributed by atoms with E-state index in [0.717, 1.165) is 11.3 Å². The van der Waals surface area contributed by atoms with Crippen molar-refractivity contribution >= 4 is 41.5 Å². The van der Waals surface area contributed by atoms with Crippen molar-refractivity contribution in [3.05, 3.63) is 59.4 Å². The molecule has 0 aliphatic carbocycles. The number of anilines is 1. The predicted molar refractivity (Wildman–Crippen MR) is 124 cm³/mol. The normalized spacial score (nSPS) is 15.6. The molecule has 0 aromatic heterocycles. The average Bonchev–Trinajstić information content (AvgIpc) is 2.70. The van der Waals surface area contributed by atoms with Crippen LogP contribution >= 0.6 is 24.0 Å². The number of alkyl halides is 2. The smallest absolute Gasteiger partial charge is 0.387 e. The molecule has 2 aromatic rings. The molecule has 0 bridgehead atoms. The Morgan fingerprint density at radius 2 is 2.00 bits per heavy atom. The molecular weight excluding hydrogens is 524 g/mol. The summed E-state index contributed by atoms with van der Waals surface area (Å²) in [6.45, 7) is -0.404. The zero-order chi connectivity index (χ0) is 21.5. The topological polar surface area (TPSA) is 74.8 Å². The van der Waals surface area contributed by atoms with Crippen molar-refractivity contribution < 1.29 is 22.7 Å². The summed E-state index contributed by atoms with van der Waals surface area (Å²) in [4.78, 5) is 16.3. The van der Waals surface area contributed by atoms with Crippen LogP contribution in [-0.4, -0.2) is 31.6 Å². The lowest BCUT2D eigenvalue weighted by Crippen LogP contribution is -2.40. The van der Waals surface area contributed by atoms with E-state index < -0.39 is 12.4 Å². The molecule has 0 saturated heterocycles. The Morgan fingerprint density at radius 1 is 1.23 bits per heavy atom. The number of hydrogen-bond acceptors (Lipinski definition) is 3. The molecule has 1 unspecified atom stereocenters. The molecule has 1 aliphatic heterocycles. The van der Waals surface area contributed by atoms with E-state index in [9.17, 15) is 18.0 Å². The second-order valence-corrected chi connectivity index (χ2v) is 6.71. The summed E-state index contributed by atoms with van der Waals surface area (Å²) in [6.07, 6.45) is 0.323. The number of nitrogens with one attached hydrogen (secondary N) is 3. The first-order chi connectivity index (χ1) is 14.5. The van der Waals surface area contributed by atoms with Gasteiger partial charge < -0.3 is 20.7 Å². The summed E-state index contributed by atoms with van der Waals surface area (Å²) < 4.78 is 43.7. The fourth-order valence-electron chi connectivity index (χ4n) is 3.30. The Bertz CT molecular complexity index is 927. The Morgan fingerprint density at radius 3 is 2.74 bits per heavy atom. The van der Waals surface area contributed by atoms with Crippen LogP contribution in [0.3, 0.4) is 0 Å². The molecule has 31 heavy (non-hydrogen) atoms. The second kappa shape index (κ2) is 11.8. The summed E-state index contributed by atoms with van der Waals surface area (Å²) in [5.74, 6) is -0.673. The van der Waals surface area contributed by atoms with Crippen LogP contribution in [-0.2, 0) is 11.3 Å². The van der Waals surface area contributed by atoms with Gasteiger partial charge in [-0.15, -0.1) is 24.0 Å². The van der Waals surface area contributed by atoms with Crippen LogP contribution in [0.2, 0.25) is 0 Å². The van der Waals surface area contributed by atoms with Crippen LogP contribution < -0.4 is 20.7 Å². The molecule has 3 rings (SSSR count). The molecule has 1 amide bonds. The first-order valence-corrected chi connectivity index (χ1v) is 9.61. The maximum Gasteiger partial charge on any atom is 0.387 e. The monoisotopic (exact) mass is 548 g/mol. The number of guanidine groups is 1. The van der Waals surface area contributed by atoms with Crippen molar-refractivity contribution in [1.82, 2.24) is 10.6 Å². The average molecular weight is 548 g/mol. The lowest BCUT2D eigenvalue weighted by atomic mass is 9.90. The van der Waals surface area contributed by atoms with Gasteiger partial charge in [0, 0.05) is 31.1 Å². The van der Waals surface area contributed by atoms with Gasteiger partial charge in [-0.25, -0.2) is 9.38 Å². The van der Waals surface area contributed by atoms with Crippen LogP contribution in [0.4, 0.5) is 18.9 Å². The van der Waals surface area contributed by atoms with Crippen LogP contribution in [0.1, 0.15) is 30.4 Å². The third kappa shape index (κ3) is 6.74. The van der Waals surface area contributed by atoms with Gasteiger partial charge in [-0.05, 0) is 30.7 Å². The fourth-order valence-corrected chi connectivity index (χ4v) is 3.30. The molecule has 0 spiro atoms. The Hall–Kier alpha value is -2.50. The van der Waals surface area contributed by atoms with E-state index in [0.29, 0.717) is 25.5 Å². The SMILES string of the molecule is CCNC(=NCc1c(F)cccc1OC(F)F)NCC1CC(=O)Nc2ccccc21.I. The van der Waals surface area contributed by atoms with Gasteiger partial charge in [0.1, 0.15) is 11.6 Å². The van der Waals surface area contributed by atoms with Gasteiger partial charge in [0.05, 0.1) is 12.1 Å². The molecule has 3 N–H and O–H groups in total. The lowest BCUT2D eigenvalue weighted by Gasteiger charge is -2.26. The lowest BCUT2D eigenvalue weighted by molar-refractivity contribution is -0.116. The van der Waals surface area contributed by atoms with Gasteiger partial charge in [0.2, 0.25) is 5.91 Å². The van der Waals surface area contributed by atoms with Crippen LogP contribution in [0.15, 0.2) is 47.5 Å². The van der Waals surface area contributed by atoms with Crippen LogP contribution in [0, 0.1) is 5.82 Å². The fraction of sp³-hybridized carbons (Fsp3) is 0.333. The van der Waals surface area contributed by atoms with Gasteiger partial charge in [0.25, 0.3) is 0 Å². The number of benzene rings is 2. The Labute approximate surface area is 195 Å². The third-order valence-corrected chi connectivity index (χ3v) is 4.65. The highest BCUT2D eigenvalue weighted by molar-refractivity contribution is 14.0. The van der Waals surface area contributed by atoms with E-state index >= 15 is 0 Å². The zero-order valence-corrected chi connectivity index (χ0v) is 19.2. The molecule has 6 nitrogen and oxygen atoms in total. The maximum atomic E-state index is 14.1. The van der Waals surface area contributed by atoms with Crippen molar-refractivity contribution in [3.8, 4) is 5.75 Å². The number of fused-ring (bicyclic) bond motifs is 1. The van der Waals surface area contributed by atoms with Gasteiger partial charge in [-0.2, -0.15) is 8.78 Å². The molecule has 0 radical (unpaired) electrons. The predicted octanol–water partition coefficient (Wildman–Crippen LogP) is 4.23. The summed E-state index contributed by atoms with van der Waals surface area (Å²) in [5, 5.41) is 9.03. The van der Waals surface area contributed by atoms with E-state index in [-0.39, 0.29) is 53.7 Å². The van der Waals surface area contributed by atoms with Crippen molar-refractivity contribution in [3.63, 3.8) is 0 Å². The number of ether oxygens (including phenoxy) is 1. The molecular formula is C21H24F3IN4O2. The van der Waals surface area contributed by atoms with E-state index in [1.807, 2.05) is 31.2 Å². The number of carbonyl (C=O) groups excluding carboxylic acids is 1. The molecule has 1 aliphatic rings. The molecule has 1 heterocycles. The standard InChI is InChI=1S/C21H23F3N4O2.HI/c1-2-25-21(27-12-15-16(22)7-5-9-18(15)30-20(23)24)26-11-13-10-19(29)28-17-8-4-3-6-14(13)17;/h3-9,13,20H,2,10-12H2,1H3,(H,28,29)(H2,25,26,27);1H. The highest BCUT2D eigenvalue weighted by Crippen LogP contribution is 2.31. The second-order valence-electron chi connectivity index (χ2n) is 6.71. The highest BCUT2D eigenvalue weighted by atomic mass is 127. The van der Waals surface area contributed by atoms with Gasteiger partial charge >= 0.3 is 6.61 Å². The first kappa shape index (κ1) is 24.8. The summed E-state index contributed by atoms with van der Waals surface area (Å²) in [5.41, 5.74) is 1.74. The number of halogens is 4. The maximum absolute atomic E-state index is 14.1. The third-order valence-electron chi connectivity index (χ3n) is 4.65. The largest absolute Gasteiger partial charge is 0.434 e. The van der Waals surface area contributed by atoms with E-state index in [4.69, 9.17) is 0 Å². The minimum Gasteiger partial charge on any atom is -0.434 e. The molecule has 168 valence electrons. The zero-order valence-electron chi connectivity index (χ0n) is 16.8. The van der Waals surface area contributed by atoms with Crippen LogP contribution in [0.5, 0.6) is 5.75 Å². The summed E-state index contributed by atoms with van der Waals surface area (Å²) in [7, 11) is 0. The van der Waals surface area contributed by atoms with Crippen molar-refractivity contribution in [2.75, 3.05) is 18.4 Å². The molecule has 0 saturated carbocycles. The van der Waals surface area contributed by atoms with Gasteiger partial charge in [-0.3, -0.25) is 4.79 Å². The molecule has 2 aromatic carbocycles. The number of aliphatic imine (C=N–C) groups is 1. The highest BCUT2D eigenvalue weighted by Gasteiger charge is 2.24. The first-order valence-electron chi connectivity index (χ1n) is 9.61. The number of carbonyl (C=O) groups is 1. The Kier molecular flexibility index (Phi) is 9.41. The summed E-state index contributed by atoms with van der Waals surface area (Å²) in [6, 6.07) is 11.3. The van der Waals surface area contributed by atoms with Gasteiger partial charge in [-0.1, -0.05) is 24.3 Å². The van der Waals surface area contributed by atoms with Crippen LogP contribution in [0.25, 0.3) is 0 Å². The van der Waals surface area contributed by atoms with E-state index in [1.54, 1.807) is 0 Å². The Balaban J connectivity index is 0.00000341. The van der Waals surface area contributed by atoms with Crippen molar-refractivity contribution in [2.24, 2.45) is 4.99 Å². The quantitative estimate of drug-likeness (QED) is 0.275. The number of amides is 1. The molecule has 10 heteroatoms. The number of rotatable bonds is 7. The molecule has 1 atom stereocenters. The minimum atomic E-state index is -3.06. The van der Waals surface area contributed by atoms with Crippen molar-refractivity contribution in [2.45, 2.75) is 32.4 Å². The minimum absolute atomic E-state index is 0.